The summed E-state index contributed by atoms with van der Waals surface area (Å²) in [4.78, 5) is 42.0. The molecule has 0 unspecified atom stereocenters. The van der Waals surface area contributed by atoms with E-state index >= 15 is 0 Å². The first kappa shape index (κ1) is 39.5. The maximum atomic E-state index is 14.0. The minimum Gasteiger partial charge on any atom is -0.481 e. The van der Waals surface area contributed by atoms with Crippen molar-refractivity contribution in [3.8, 4) is 0 Å². The molecular formula is C46H74N2O5. The number of piperidine rings is 1. The van der Waals surface area contributed by atoms with Crippen molar-refractivity contribution < 1.29 is 24.2 Å². The SMILES string of the molecule is CC(C)C1=C2[C@H]3CC[C@@H]4[C@@]5(C)CC[C@H](OC(=O)[C@H]6C[C@@H](C(=O)O)C6(C)C)C(C)(C)[C@@H]5CC[C@@]4(C)[C@]3(C)CC[C@@]2(CCNCCN2CCCCC2)CC1=O. The molecule has 10 atom stereocenters. The third-order valence-corrected chi connectivity index (χ3v) is 18.5. The van der Waals surface area contributed by atoms with Crippen molar-refractivity contribution in [2.45, 2.75) is 158 Å². The highest BCUT2D eigenvalue weighted by molar-refractivity contribution is 6.00. The number of hydrogen-bond acceptors (Lipinski definition) is 6. The molecule has 298 valence electrons. The van der Waals surface area contributed by atoms with E-state index < -0.39 is 17.3 Å². The topological polar surface area (TPSA) is 95.9 Å². The minimum atomic E-state index is -0.808. The monoisotopic (exact) mass is 735 g/mol. The standard InChI is InChI=1S/C46H74N2O5/c1-29(2)37-33(49)28-46(21-22-47-23-26-48-24-11-10-12-25-48)20-19-44(8)30(38(37)46)13-14-35-43(7)17-16-36(42(5,6)34(43)15-18-45(35,44)9)53-40(52)32-27-31(39(50)51)41(32,3)4/h29-32,34-36,47H,10-28H2,1-9H3,(H,50,51)/t30-,31+,32-,34+,35-,36+,43+,44-,45-,46-/m1/s1. The number of nitrogens with zero attached hydrogens (tertiary/aromatic N) is 1. The minimum absolute atomic E-state index is 0.0205. The van der Waals surface area contributed by atoms with E-state index in [4.69, 9.17) is 4.74 Å². The van der Waals surface area contributed by atoms with Crippen LogP contribution in [0.1, 0.15) is 152 Å². The molecule has 1 aliphatic heterocycles. The van der Waals surface area contributed by atoms with Gasteiger partial charge in [-0.25, -0.2) is 0 Å². The van der Waals surface area contributed by atoms with Gasteiger partial charge in [-0.2, -0.15) is 0 Å². The average molecular weight is 735 g/mol. The van der Waals surface area contributed by atoms with Crippen LogP contribution in [0.3, 0.4) is 0 Å². The molecule has 1 heterocycles. The molecule has 0 aromatic heterocycles. The molecule has 7 nitrogen and oxygen atoms in total. The molecule has 0 aromatic rings. The number of ether oxygens (including phenoxy) is 1. The van der Waals surface area contributed by atoms with Crippen molar-refractivity contribution in [1.29, 1.82) is 0 Å². The van der Waals surface area contributed by atoms with Crippen LogP contribution in [0.5, 0.6) is 0 Å². The number of carbonyl (C=O) groups excluding carboxylic acids is 2. The Morgan fingerprint density at radius 1 is 0.830 bits per heavy atom. The van der Waals surface area contributed by atoms with Crippen LogP contribution in [0.2, 0.25) is 0 Å². The second-order valence-electron chi connectivity index (χ2n) is 21.7. The summed E-state index contributed by atoms with van der Waals surface area (Å²) in [6, 6.07) is 0. The summed E-state index contributed by atoms with van der Waals surface area (Å²) in [6.45, 7) is 26.6. The summed E-state index contributed by atoms with van der Waals surface area (Å²) >= 11 is 0. The Labute approximate surface area is 321 Å². The number of carbonyl (C=O) groups is 3. The number of aliphatic carboxylic acids is 1. The van der Waals surface area contributed by atoms with Crippen molar-refractivity contribution >= 4 is 17.7 Å². The summed E-state index contributed by atoms with van der Waals surface area (Å²) in [6.07, 6.45) is 15.1. The van der Waals surface area contributed by atoms with Gasteiger partial charge >= 0.3 is 11.9 Å². The van der Waals surface area contributed by atoms with Crippen LogP contribution in [-0.4, -0.2) is 66.6 Å². The van der Waals surface area contributed by atoms with Gasteiger partial charge in [0.1, 0.15) is 6.10 Å². The number of nitrogens with one attached hydrogen (secondary N) is 1. The van der Waals surface area contributed by atoms with Crippen molar-refractivity contribution in [3.05, 3.63) is 11.1 Å². The Hall–Kier alpha value is -1.73. The zero-order valence-electron chi connectivity index (χ0n) is 35.0. The number of allylic oxidation sites excluding steroid dienone is 2. The van der Waals surface area contributed by atoms with Crippen LogP contribution >= 0.6 is 0 Å². The summed E-state index contributed by atoms with van der Waals surface area (Å²) < 4.78 is 6.44. The van der Waals surface area contributed by atoms with Gasteiger partial charge < -0.3 is 20.1 Å². The summed E-state index contributed by atoms with van der Waals surface area (Å²) in [5, 5.41) is 13.5. The Balaban J connectivity index is 1.08. The fraction of sp³-hybridized carbons (Fsp3) is 0.891. The van der Waals surface area contributed by atoms with Crippen LogP contribution in [0.4, 0.5) is 0 Å². The molecule has 1 saturated heterocycles. The van der Waals surface area contributed by atoms with E-state index in [9.17, 15) is 19.5 Å². The molecule has 0 bridgehead atoms. The number of carboxylic acids is 1. The summed E-state index contributed by atoms with van der Waals surface area (Å²) in [7, 11) is 0. The summed E-state index contributed by atoms with van der Waals surface area (Å²) in [5.74, 6) is 0.402. The van der Waals surface area contributed by atoms with Crippen molar-refractivity contribution in [1.82, 2.24) is 10.2 Å². The van der Waals surface area contributed by atoms with Gasteiger partial charge in [-0.05, 0) is 148 Å². The van der Waals surface area contributed by atoms with Crippen molar-refractivity contribution in [2.75, 3.05) is 32.7 Å². The first-order valence-electron chi connectivity index (χ1n) is 22.0. The number of rotatable bonds is 10. The molecule has 2 N–H and O–H groups in total. The number of fused-ring (bicyclic) bond motifs is 7. The maximum Gasteiger partial charge on any atom is 0.309 e. The van der Waals surface area contributed by atoms with Gasteiger partial charge in [0.05, 0.1) is 11.8 Å². The van der Waals surface area contributed by atoms with Gasteiger partial charge in [0.15, 0.2) is 5.78 Å². The number of ketones is 1. The van der Waals surface area contributed by atoms with Crippen LogP contribution in [0, 0.1) is 68.0 Å². The molecular weight excluding hydrogens is 661 g/mol. The Morgan fingerprint density at radius 3 is 2.21 bits per heavy atom. The fourth-order valence-electron chi connectivity index (χ4n) is 15.1. The van der Waals surface area contributed by atoms with Gasteiger partial charge in [-0.15, -0.1) is 0 Å². The molecule has 0 spiro atoms. The van der Waals surface area contributed by atoms with Crippen molar-refractivity contribution in [3.63, 3.8) is 0 Å². The van der Waals surface area contributed by atoms with Crippen LogP contribution in [0.15, 0.2) is 11.1 Å². The lowest BCUT2D eigenvalue weighted by atomic mass is 9.33. The largest absolute Gasteiger partial charge is 0.481 e. The van der Waals surface area contributed by atoms with Crippen LogP contribution < -0.4 is 5.32 Å². The third-order valence-electron chi connectivity index (χ3n) is 18.5. The molecule has 6 fully saturated rings. The average Bonchev–Trinajstić information content (AvgIpc) is 3.38. The molecule has 7 aliphatic rings. The second kappa shape index (κ2) is 13.7. The molecule has 0 aromatic carbocycles. The zero-order chi connectivity index (χ0) is 38.4. The Kier molecular flexibility index (Phi) is 10.2. The van der Waals surface area contributed by atoms with Gasteiger partial charge in [0.25, 0.3) is 0 Å². The number of hydrogen-bond donors (Lipinski definition) is 2. The predicted octanol–water partition coefficient (Wildman–Crippen LogP) is 9.09. The highest BCUT2D eigenvalue weighted by Crippen LogP contribution is 2.77. The van der Waals surface area contributed by atoms with E-state index in [1.807, 2.05) is 13.8 Å². The van der Waals surface area contributed by atoms with Crippen molar-refractivity contribution in [2.24, 2.45) is 68.0 Å². The molecule has 0 radical (unpaired) electrons. The normalized spacial score (nSPS) is 43.3. The number of esters is 1. The summed E-state index contributed by atoms with van der Waals surface area (Å²) in [5.41, 5.74) is 2.57. The van der Waals surface area contributed by atoms with Crippen LogP contribution in [0.25, 0.3) is 0 Å². The lowest BCUT2D eigenvalue weighted by Crippen LogP contribution is -2.66. The fourth-order valence-corrected chi connectivity index (χ4v) is 15.1. The van der Waals surface area contributed by atoms with Gasteiger partial charge in [-0.1, -0.05) is 74.3 Å². The lowest BCUT2D eigenvalue weighted by Gasteiger charge is -2.72. The van der Waals surface area contributed by atoms with Crippen LogP contribution in [-0.2, 0) is 19.1 Å². The predicted molar refractivity (Wildman–Crippen MR) is 210 cm³/mol. The quantitative estimate of drug-likeness (QED) is 0.171. The first-order valence-corrected chi connectivity index (χ1v) is 22.0. The zero-order valence-corrected chi connectivity index (χ0v) is 35.0. The molecule has 7 rings (SSSR count). The molecule has 53 heavy (non-hydrogen) atoms. The van der Waals surface area contributed by atoms with Gasteiger partial charge in [0, 0.05) is 30.3 Å². The van der Waals surface area contributed by atoms with E-state index in [2.05, 4.69) is 58.7 Å². The molecule has 0 amide bonds. The van der Waals surface area contributed by atoms with E-state index in [1.165, 1.54) is 63.6 Å². The highest BCUT2D eigenvalue weighted by Gasteiger charge is 2.70. The van der Waals surface area contributed by atoms with E-state index in [1.54, 1.807) is 5.57 Å². The number of carboxylic acid groups (broad SMARTS) is 1. The van der Waals surface area contributed by atoms with E-state index in [0.717, 1.165) is 58.2 Å². The molecule has 5 saturated carbocycles. The van der Waals surface area contributed by atoms with E-state index in [-0.39, 0.29) is 51.0 Å². The number of likely N-dealkylation sites (tertiary alicyclic amines) is 1. The lowest BCUT2D eigenvalue weighted by molar-refractivity contribution is -0.236. The molecule has 7 heteroatoms. The number of Topliss-reactive ketones (excluding diaryl/α,β-unsaturated/α-hetero) is 1. The highest BCUT2D eigenvalue weighted by atomic mass is 16.5. The van der Waals surface area contributed by atoms with Gasteiger partial charge in [-0.3, -0.25) is 14.4 Å². The second-order valence-corrected chi connectivity index (χ2v) is 21.7. The third kappa shape index (κ3) is 6.04. The Bertz CT molecular complexity index is 1490. The van der Waals surface area contributed by atoms with E-state index in [0.29, 0.717) is 30.0 Å². The first-order chi connectivity index (χ1) is 24.8. The maximum absolute atomic E-state index is 14.0. The van der Waals surface area contributed by atoms with Gasteiger partial charge in [0.2, 0.25) is 0 Å². The smallest absolute Gasteiger partial charge is 0.309 e. The molecule has 6 aliphatic carbocycles. The Morgan fingerprint density at radius 2 is 1.55 bits per heavy atom.